The third kappa shape index (κ3) is 6.51. The van der Waals surface area contributed by atoms with Crippen molar-refractivity contribution in [2.24, 2.45) is 5.73 Å². The Hall–Kier alpha value is -4.04. The van der Waals surface area contributed by atoms with Crippen molar-refractivity contribution in [2.75, 3.05) is 31.1 Å². The zero-order chi connectivity index (χ0) is 24.6. The van der Waals surface area contributed by atoms with E-state index in [-0.39, 0.29) is 6.42 Å². The number of piperazine rings is 1. The molecule has 3 N–H and O–H groups in total. The molecule has 1 aromatic heterocycles. The molecule has 1 unspecified atom stereocenters. The summed E-state index contributed by atoms with van der Waals surface area (Å²) in [6.45, 7) is 4.27. The molecule has 2 heterocycles. The van der Waals surface area contributed by atoms with Gasteiger partial charge >= 0.3 is 0 Å². The predicted molar refractivity (Wildman–Crippen MR) is 134 cm³/mol. The van der Waals surface area contributed by atoms with E-state index in [4.69, 9.17) is 5.73 Å². The van der Waals surface area contributed by atoms with Crippen molar-refractivity contribution in [1.29, 1.82) is 0 Å². The average Bonchev–Trinajstić information content (AvgIpc) is 2.89. The number of primary amides is 1. The molecular formula is C27H29N5O3. The van der Waals surface area contributed by atoms with Crippen molar-refractivity contribution in [3.63, 3.8) is 0 Å². The lowest BCUT2D eigenvalue weighted by atomic mass is 10.0. The Morgan fingerprint density at radius 2 is 1.51 bits per heavy atom. The van der Waals surface area contributed by atoms with Crippen LogP contribution in [0.25, 0.3) is 0 Å². The second-order valence-electron chi connectivity index (χ2n) is 8.60. The number of anilines is 1. The Morgan fingerprint density at radius 3 is 2.14 bits per heavy atom. The number of aromatic nitrogens is 1. The maximum Gasteiger partial charge on any atom is 0.287 e. The van der Waals surface area contributed by atoms with Gasteiger partial charge in [-0.25, -0.2) is 4.98 Å². The summed E-state index contributed by atoms with van der Waals surface area (Å²) >= 11 is 0. The number of pyridine rings is 1. The lowest BCUT2D eigenvalue weighted by Crippen LogP contribution is -2.47. The number of nitrogens with two attached hydrogens (primary N) is 1. The first-order valence-corrected chi connectivity index (χ1v) is 11.7. The average molecular weight is 472 g/mol. The van der Waals surface area contributed by atoms with E-state index in [0.29, 0.717) is 11.4 Å². The summed E-state index contributed by atoms with van der Waals surface area (Å²) < 4.78 is 0. The standard InChI is InChI=1S/C27H29N5O3/c28-26(34)25(33)23(17-20-7-3-1-4-8-20)30-27(35)22-11-12-29-24(18-22)32-15-13-31(14-16-32)19-21-9-5-2-6-10-21/h1-12,18,23H,13-17,19H2,(H2,28,34)(H,30,35). The van der Waals surface area contributed by atoms with E-state index in [0.717, 1.165) is 38.3 Å². The van der Waals surface area contributed by atoms with Crippen molar-refractivity contribution >= 4 is 23.4 Å². The molecule has 8 heteroatoms. The molecule has 3 aromatic rings. The summed E-state index contributed by atoms with van der Waals surface area (Å²) in [7, 11) is 0. The molecule has 1 aliphatic rings. The third-order valence-electron chi connectivity index (χ3n) is 6.10. The number of nitrogens with one attached hydrogen (secondary N) is 1. The summed E-state index contributed by atoms with van der Waals surface area (Å²) in [6, 6.07) is 21.8. The summed E-state index contributed by atoms with van der Waals surface area (Å²) in [4.78, 5) is 45.9. The van der Waals surface area contributed by atoms with Gasteiger partial charge in [0, 0.05) is 50.9 Å². The second-order valence-corrected chi connectivity index (χ2v) is 8.60. The first-order chi connectivity index (χ1) is 17.0. The molecule has 1 fully saturated rings. The second kappa shape index (κ2) is 11.4. The molecule has 0 bridgehead atoms. The quantitative estimate of drug-likeness (QED) is 0.461. The number of carbonyl (C=O) groups excluding carboxylic acids is 3. The molecule has 1 aliphatic heterocycles. The number of Topliss-reactive ketones (excluding diaryl/α,β-unsaturated/α-hetero) is 1. The Labute approximate surface area is 204 Å². The summed E-state index contributed by atoms with van der Waals surface area (Å²) in [5.41, 5.74) is 7.70. The van der Waals surface area contributed by atoms with Gasteiger partial charge in [-0.1, -0.05) is 60.7 Å². The van der Waals surface area contributed by atoms with Crippen LogP contribution in [0.5, 0.6) is 0 Å². The van der Waals surface area contributed by atoms with Gasteiger partial charge in [0.05, 0.1) is 0 Å². The molecule has 0 aliphatic carbocycles. The number of hydrogen-bond donors (Lipinski definition) is 2. The molecule has 0 spiro atoms. The number of amides is 2. The highest BCUT2D eigenvalue weighted by atomic mass is 16.2. The van der Waals surface area contributed by atoms with Gasteiger partial charge in [-0.2, -0.15) is 0 Å². The van der Waals surface area contributed by atoms with E-state index in [9.17, 15) is 14.4 Å². The van der Waals surface area contributed by atoms with Gasteiger partial charge in [-0.05, 0) is 23.3 Å². The van der Waals surface area contributed by atoms with Crippen molar-refractivity contribution in [2.45, 2.75) is 19.0 Å². The Kier molecular flexibility index (Phi) is 7.84. The lowest BCUT2D eigenvalue weighted by Gasteiger charge is -2.35. The number of benzene rings is 2. The van der Waals surface area contributed by atoms with Crippen LogP contribution in [0.2, 0.25) is 0 Å². The van der Waals surface area contributed by atoms with Crippen LogP contribution in [-0.4, -0.2) is 59.7 Å². The van der Waals surface area contributed by atoms with Crippen LogP contribution in [-0.2, 0) is 22.6 Å². The third-order valence-corrected chi connectivity index (χ3v) is 6.10. The fourth-order valence-electron chi connectivity index (χ4n) is 4.18. The van der Waals surface area contributed by atoms with Gasteiger partial charge in [0.1, 0.15) is 11.9 Å². The summed E-state index contributed by atoms with van der Waals surface area (Å²) in [5, 5.41) is 2.68. The maximum absolute atomic E-state index is 13.0. The summed E-state index contributed by atoms with van der Waals surface area (Å²) in [6.07, 6.45) is 1.76. The van der Waals surface area contributed by atoms with Crippen molar-refractivity contribution in [3.05, 3.63) is 95.7 Å². The van der Waals surface area contributed by atoms with E-state index in [2.05, 4.69) is 32.2 Å². The fourth-order valence-corrected chi connectivity index (χ4v) is 4.18. The molecule has 2 aromatic carbocycles. The highest BCUT2D eigenvalue weighted by Gasteiger charge is 2.26. The van der Waals surface area contributed by atoms with Gasteiger partial charge in [-0.15, -0.1) is 0 Å². The largest absolute Gasteiger partial charge is 0.363 e. The smallest absolute Gasteiger partial charge is 0.287 e. The molecule has 8 nitrogen and oxygen atoms in total. The van der Waals surface area contributed by atoms with Crippen LogP contribution in [0, 0.1) is 0 Å². The van der Waals surface area contributed by atoms with Crippen LogP contribution in [0.3, 0.4) is 0 Å². The van der Waals surface area contributed by atoms with Crippen LogP contribution >= 0.6 is 0 Å². The number of rotatable bonds is 9. The van der Waals surface area contributed by atoms with Gasteiger partial charge in [-0.3, -0.25) is 19.3 Å². The van der Waals surface area contributed by atoms with Crippen LogP contribution in [0.15, 0.2) is 79.0 Å². The van der Waals surface area contributed by atoms with Crippen LogP contribution in [0.4, 0.5) is 5.82 Å². The van der Waals surface area contributed by atoms with E-state index in [1.165, 1.54) is 5.56 Å². The van der Waals surface area contributed by atoms with Gasteiger partial charge in [0.2, 0.25) is 5.78 Å². The molecular weight excluding hydrogens is 442 g/mol. The topological polar surface area (TPSA) is 109 Å². The monoisotopic (exact) mass is 471 g/mol. The Bertz CT molecular complexity index is 1160. The van der Waals surface area contributed by atoms with Crippen molar-refractivity contribution in [3.8, 4) is 0 Å². The molecule has 180 valence electrons. The Morgan fingerprint density at radius 1 is 0.886 bits per heavy atom. The molecule has 2 amide bonds. The first kappa shape index (κ1) is 24.1. The number of ketones is 1. The molecule has 1 saturated heterocycles. The Balaban J connectivity index is 1.39. The molecule has 1 atom stereocenters. The minimum Gasteiger partial charge on any atom is -0.363 e. The maximum atomic E-state index is 13.0. The van der Waals surface area contributed by atoms with Crippen molar-refractivity contribution < 1.29 is 14.4 Å². The minimum absolute atomic E-state index is 0.176. The SMILES string of the molecule is NC(=O)C(=O)C(Cc1ccccc1)NC(=O)c1ccnc(N2CCN(Cc3ccccc3)CC2)c1. The fraction of sp³-hybridized carbons (Fsp3) is 0.259. The van der Waals surface area contributed by atoms with Gasteiger partial charge in [0.25, 0.3) is 11.8 Å². The van der Waals surface area contributed by atoms with Gasteiger partial charge < -0.3 is 16.0 Å². The number of nitrogens with zero attached hydrogens (tertiary/aromatic N) is 3. The zero-order valence-electron chi connectivity index (χ0n) is 19.5. The van der Waals surface area contributed by atoms with E-state index < -0.39 is 23.6 Å². The molecule has 4 rings (SSSR count). The van der Waals surface area contributed by atoms with E-state index >= 15 is 0 Å². The molecule has 35 heavy (non-hydrogen) atoms. The van der Waals surface area contributed by atoms with E-state index in [1.807, 2.05) is 48.5 Å². The summed E-state index contributed by atoms with van der Waals surface area (Å²) in [5.74, 6) is -1.65. The van der Waals surface area contributed by atoms with Crippen LogP contribution in [0.1, 0.15) is 21.5 Å². The highest BCUT2D eigenvalue weighted by molar-refractivity contribution is 6.38. The zero-order valence-corrected chi connectivity index (χ0v) is 19.5. The lowest BCUT2D eigenvalue weighted by molar-refractivity contribution is -0.137. The van der Waals surface area contributed by atoms with Crippen LogP contribution < -0.4 is 16.0 Å². The van der Waals surface area contributed by atoms with Crippen molar-refractivity contribution in [1.82, 2.24) is 15.2 Å². The molecule has 0 radical (unpaired) electrons. The van der Waals surface area contributed by atoms with Gasteiger partial charge in [0.15, 0.2) is 0 Å². The minimum atomic E-state index is -1.07. The number of hydrogen-bond acceptors (Lipinski definition) is 6. The highest BCUT2D eigenvalue weighted by Crippen LogP contribution is 2.17. The molecule has 0 saturated carbocycles. The number of carbonyl (C=O) groups is 3. The van der Waals surface area contributed by atoms with E-state index in [1.54, 1.807) is 18.3 Å². The normalized spacial score (nSPS) is 14.8. The first-order valence-electron chi connectivity index (χ1n) is 11.7. The predicted octanol–water partition coefficient (Wildman–Crippen LogP) is 1.80.